The van der Waals surface area contributed by atoms with Crippen LogP contribution in [0.2, 0.25) is 0 Å². The Hall–Kier alpha value is -3.92. The summed E-state index contributed by atoms with van der Waals surface area (Å²) in [6, 6.07) is 9.52. The summed E-state index contributed by atoms with van der Waals surface area (Å²) in [5.74, 6) is 9.24. The lowest BCUT2D eigenvalue weighted by Gasteiger charge is -2.26. The second kappa shape index (κ2) is 9.52. The lowest BCUT2D eigenvalue weighted by atomic mass is 9.90. The van der Waals surface area contributed by atoms with Gasteiger partial charge in [0.2, 0.25) is 0 Å². The van der Waals surface area contributed by atoms with E-state index in [0.29, 0.717) is 28.2 Å². The Morgan fingerprint density at radius 1 is 1.15 bits per heavy atom. The average molecular weight is 467 g/mol. The lowest BCUT2D eigenvalue weighted by molar-refractivity contribution is 0.223. The van der Waals surface area contributed by atoms with E-state index in [4.69, 9.17) is 9.15 Å². The minimum absolute atomic E-state index is 0.00127. The van der Waals surface area contributed by atoms with Crippen molar-refractivity contribution in [1.82, 2.24) is 0 Å². The zero-order valence-electron chi connectivity index (χ0n) is 19.2. The van der Waals surface area contributed by atoms with Gasteiger partial charge in [-0.3, -0.25) is 0 Å². The minimum atomic E-state index is -0.467. The number of nitriles is 2. The molecule has 5 nitrogen and oxygen atoms in total. The third-order valence-corrected chi connectivity index (χ3v) is 6.34. The van der Waals surface area contributed by atoms with Crippen molar-refractivity contribution in [2.75, 3.05) is 5.75 Å². The van der Waals surface area contributed by atoms with Crippen LogP contribution in [0.5, 0.6) is 0 Å². The van der Waals surface area contributed by atoms with Gasteiger partial charge in [-0.25, -0.2) is 4.79 Å². The van der Waals surface area contributed by atoms with Crippen molar-refractivity contribution in [2.45, 2.75) is 32.9 Å². The van der Waals surface area contributed by atoms with Gasteiger partial charge in [-0.2, -0.15) is 22.3 Å². The zero-order chi connectivity index (χ0) is 24.3. The fourth-order valence-electron chi connectivity index (χ4n) is 3.49. The molecular formula is C28H22N2O3S. The van der Waals surface area contributed by atoms with Crippen LogP contribution in [0.3, 0.4) is 0 Å². The van der Waals surface area contributed by atoms with E-state index in [-0.39, 0.29) is 11.0 Å². The number of ether oxygens (including phenoxy) is 1. The summed E-state index contributed by atoms with van der Waals surface area (Å²) < 4.78 is 11.6. The quantitative estimate of drug-likeness (QED) is 0.307. The molecule has 2 aliphatic heterocycles. The molecule has 2 aromatic rings. The fourth-order valence-corrected chi connectivity index (χ4v) is 4.34. The largest absolute Gasteiger partial charge is 0.461 e. The number of fused-ring (bicyclic) bond motifs is 2. The molecule has 3 heterocycles. The Morgan fingerprint density at radius 3 is 2.68 bits per heavy atom. The first-order chi connectivity index (χ1) is 16.3. The van der Waals surface area contributed by atoms with Gasteiger partial charge < -0.3 is 9.15 Å². The predicted molar refractivity (Wildman–Crippen MR) is 134 cm³/mol. The number of allylic oxidation sites excluding steroid dienone is 6. The Kier molecular flexibility index (Phi) is 6.51. The van der Waals surface area contributed by atoms with E-state index in [1.807, 2.05) is 56.8 Å². The van der Waals surface area contributed by atoms with Crippen LogP contribution in [-0.2, 0) is 10.5 Å². The number of nitrogens with zero attached hydrogens (tertiary/aromatic N) is 2. The van der Waals surface area contributed by atoms with Gasteiger partial charge in [-0.1, -0.05) is 32.6 Å². The van der Waals surface area contributed by atoms with Crippen molar-refractivity contribution in [2.24, 2.45) is 5.41 Å². The highest BCUT2D eigenvalue weighted by atomic mass is 32.2. The van der Waals surface area contributed by atoms with Crippen molar-refractivity contribution >= 4 is 28.8 Å². The van der Waals surface area contributed by atoms with E-state index >= 15 is 0 Å². The monoisotopic (exact) mass is 466 g/mol. The fraction of sp³-hybridized carbons (Fsp3) is 0.250. The average Bonchev–Trinajstić information content (AvgIpc) is 2.78. The molecule has 0 bridgehead atoms. The number of rotatable bonds is 2. The van der Waals surface area contributed by atoms with Crippen molar-refractivity contribution in [3.63, 3.8) is 0 Å². The molecule has 34 heavy (non-hydrogen) atoms. The van der Waals surface area contributed by atoms with E-state index in [1.54, 1.807) is 30.4 Å². The Morgan fingerprint density at radius 2 is 1.94 bits per heavy atom. The molecule has 0 fully saturated rings. The third kappa shape index (κ3) is 5.01. The maximum atomic E-state index is 12.7. The molecule has 0 N–H and O–H groups in total. The van der Waals surface area contributed by atoms with Crippen LogP contribution < -0.4 is 5.63 Å². The second-order valence-electron chi connectivity index (χ2n) is 8.94. The van der Waals surface area contributed by atoms with Gasteiger partial charge in [-0.15, -0.1) is 0 Å². The number of hydrogen-bond acceptors (Lipinski definition) is 6. The van der Waals surface area contributed by atoms with Crippen LogP contribution in [0.4, 0.5) is 0 Å². The molecule has 2 aliphatic rings. The standard InChI is InChI=1S/C28H22N2O3S/c1-28(2,3)26-14-20(23(15-29)16-30)12-24(32-26)8-7-19-10-21-11-22-17-34-9-5-4-6-18(22)13-25(21)33-27(19)31/h7-8,10-14H,5,9,17H2,1-3H3/b8-7+. The first-order valence-electron chi connectivity index (χ1n) is 10.8. The minimum Gasteiger partial charge on any atom is -0.461 e. The van der Waals surface area contributed by atoms with E-state index in [0.717, 1.165) is 34.4 Å². The van der Waals surface area contributed by atoms with Crippen LogP contribution in [-0.4, -0.2) is 5.75 Å². The summed E-state index contributed by atoms with van der Waals surface area (Å²) in [6.45, 7) is 5.94. The number of thioether (sulfide) groups is 1. The van der Waals surface area contributed by atoms with Gasteiger partial charge in [0.25, 0.3) is 0 Å². The van der Waals surface area contributed by atoms with Gasteiger partial charge in [0.15, 0.2) is 0 Å². The second-order valence-corrected chi connectivity index (χ2v) is 10.0. The zero-order valence-corrected chi connectivity index (χ0v) is 20.0. The van der Waals surface area contributed by atoms with E-state index in [1.165, 1.54) is 0 Å². The van der Waals surface area contributed by atoms with Crippen molar-refractivity contribution in [1.29, 1.82) is 10.5 Å². The molecule has 0 amide bonds. The number of hydrogen-bond donors (Lipinski definition) is 0. The van der Waals surface area contributed by atoms with Crippen molar-refractivity contribution in [3.05, 3.63) is 86.2 Å². The highest BCUT2D eigenvalue weighted by Gasteiger charge is 2.24. The highest BCUT2D eigenvalue weighted by molar-refractivity contribution is 7.98. The predicted octanol–water partition coefficient (Wildman–Crippen LogP) is 5.98. The van der Waals surface area contributed by atoms with E-state index < -0.39 is 5.63 Å². The molecule has 168 valence electrons. The third-order valence-electron chi connectivity index (χ3n) is 5.33. The topological polar surface area (TPSA) is 87.0 Å². The van der Waals surface area contributed by atoms with Crippen LogP contribution in [0.25, 0.3) is 17.0 Å². The van der Waals surface area contributed by atoms with Gasteiger partial charge >= 0.3 is 5.63 Å². The van der Waals surface area contributed by atoms with Crippen molar-refractivity contribution < 1.29 is 9.15 Å². The molecule has 4 rings (SSSR count). The summed E-state index contributed by atoms with van der Waals surface area (Å²) >= 11 is 1.84. The van der Waals surface area contributed by atoms with Crippen LogP contribution in [0.1, 0.15) is 43.9 Å². The normalized spacial score (nSPS) is 15.5. The summed E-state index contributed by atoms with van der Waals surface area (Å²) in [5.41, 5.74) is 2.58. The van der Waals surface area contributed by atoms with Crippen LogP contribution in [0.15, 0.2) is 68.3 Å². The Balaban J connectivity index is 1.73. The first-order valence-corrected chi connectivity index (χ1v) is 12.0. The van der Waals surface area contributed by atoms with Crippen LogP contribution >= 0.6 is 11.8 Å². The Bertz CT molecular complexity index is 1490. The molecule has 0 radical (unpaired) electrons. The van der Waals surface area contributed by atoms with Crippen LogP contribution in [0, 0.1) is 39.9 Å². The summed E-state index contributed by atoms with van der Waals surface area (Å²) in [4.78, 5) is 12.7. The molecule has 0 unspecified atom stereocenters. The maximum absolute atomic E-state index is 12.7. The summed E-state index contributed by atoms with van der Waals surface area (Å²) in [6.07, 6.45) is 7.45. The van der Waals surface area contributed by atoms with Gasteiger partial charge in [0.1, 0.15) is 34.8 Å². The van der Waals surface area contributed by atoms with E-state index in [9.17, 15) is 15.3 Å². The molecule has 0 saturated heterocycles. The Labute approximate surface area is 202 Å². The van der Waals surface area contributed by atoms with Gasteiger partial charge in [0.05, 0.1) is 5.56 Å². The lowest BCUT2D eigenvalue weighted by Crippen LogP contribution is -2.15. The van der Waals surface area contributed by atoms with Gasteiger partial charge in [-0.05, 0) is 48.1 Å². The van der Waals surface area contributed by atoms with E-state index in [2.05, 4.69) is 11.8 Å². The molecule has 0 aliphatic carbocycles. The summed E-state index contributed by atoms with van der Waals surface area (Å²) in [7, 11) is 0. The summed E-state index contributed by atoms with van der Waals surface area (Å²) in [5, 5.41) is 19.4. The molecule has 6 heteroatoms. The molecule has 1 aromatic carbocycles. The SMILES string of the molecule is CC(C)(C)C1=CC(=C(C#N)C#N)C=C(/C=C/c2cc3cc4c(cc3oc2=O)C#CCCSC4)O1. The molecule has 1 aromatic heterocycles. The number of benzene rings is 1. The molecule has 0 atom stereocenters. The molecule has 0 spiro atoms. The molecular weight excluding hydrogens is 444 g/mol. The smallest absolute Gasteiger partial charge is 0.343 e. The first kappa shape index (κ1) is 23.2. The molecule has 0 saturated carbocycles. The maximum Gasteiger partial charge on any atom is 0.343 e. The highest BCUT2D eigenvalue weighted by Crippen LogP contribution is 2.34. The van der Waals surface area contributed by atoms with Crippen molar-refractivity contribution in [3.8, 4) is 24.0 Å². The van der Waals surface area contributed by atoms with Gasteiger partial charge in [0, 0.05) is 39.9 Å².